The molecule has 1 amide bonds. The number of rotatable bonds is 5. The number of carbonyl (C=O) groups is 1. The van der Waals surface area contributed by atoms with Gasteiger partial charge in [-0.2, -0.15) is 0 Å². The van der Waals surface area contributed by atoms with Crippen molar-refractivity contribution in [3.63, 3.8) is 0 Å². The van der Waals surface area contributed by atoms with Gasteiger partial charge in [-0.25, -0.2) is 4.98 Å². The Morgan fingerprint density at radius 2 is 2.09 bits per heavy atom. The van der Waals surface area contributed by atoms with Crippen molar-refractivity contribution < 1.29 is 9.53 Å². The van der Waals surface area contributed by atoms with E-state index in [9.17, 15) is 4.79 Å². The summed E-state index contributed by atoms with van der Waals surface area (Å²) in [5.41, 5.74) is 2.98. The van der Waals surface area contributed by atoms with E-state index < -0.39 is 0 Å². The molecule has 1 aromatic heterocycles. The van der Waals surface area contributed by atoms with Crippen LogP contribution in [0.15, 0.2) is 42.5 Å². The smallest absolute Gasteiger partial charge is 0.224 e. The Kier molecular flexibility index (Phi) is 4.57. The number of amides is 1. The van der Waals surface area contributed by atoms with Crippen LogP contribution >= 0.6 is 11.3 Å². The van der Waals surface area contributed by atoms with Crippen molar-refractivity contribution >= 4 is 27.5 Å². The number of ether oxygens (including phenoxy) is 1. The second-order valence-corrected chi connectivity index (χ2v) is 6.45. The Balaban J connectivity index is 1.61. The molecule has 23 heavy (non-hydrogen) atoms. The van der Waals surface area contributed by atoms with E-state index in [4.69, 9.17) is 4.74 Å². The van der Waals surface area contributed by atoms with Crippen molar-refractivity contribution in [2.45, 2.75) is 19.9 Å². The van der Waals surface area contributed by atoms with Gasteiger partial charge < -0.3 is 10.1 Å². The third-order valence-corrected chi connectivity index (χ3v) is 4.65. The zero-order valence-corrected chi connectivity index (χ0v) is 13.9. The van der Waals surface area contributed by atoms with Gasteiger partial charge in [-0.15, -0.1) is 11.3 Å². The van der Waals surface area contributed by atoms with Crippen LogP contribution in [-0.4, -0.2) is 18.0 Å². The minimum Gasteiger partial charge on any atom is -0.496 e. The number of hydrogen-bond donors (Lipinski definition) is 1. The number of carbonyl (C=O) groups excluding carboxylic acids is 1. The largest absolute Gasteiger partial charge is 0.496 e. The molecule has 0 fully saturated rings. The van der Waals surface area contributed by atoms with E-state index in [-0.39, 0.29) is 5.91 Å². The van der Waals surface area contributed by atoms with Crippen molar-refractivity contribution in [3.8, 4) is 5.75 Å². The van der Waals surface area contributed by atoms with E-state index in [1.807, 2.05) is 49.4 Å². The molecule has 0 radical (unpaired) electrons. The van der Waals surface area contributed by atoms with Gasteiger partial charge >= 0.3 is 0 Å². The second kappa shape index (κ2) is 6.79. The fraction of sp³-hybridized carbons (Fsp3) is 0.222. The van der Waals surface area contributed by atoms with Crippen LogP contribution in [0.4, 0.5) is 0 Å². The first-order valence-corrected chi connectivity index (χ1v) is 8.22. The highest BCUT2D eigenvalue weighted by Gasteiger charge is 2.08. The molecule has 1 N–H and O–H groups in total. The summed E-state index contributed by atoms with van der Waals surface area (Å²) in [5.74, 6) is 0.789. The van der Waals surface area contributed by atoms with E-state index in [0.29, 0.717) is 13.0 Å². The number of aryl methyl sites for hydroxylation is 1. The molecule has 0 saturated carbocycles. The molecular weight excluding hydrogens is 308 g/mol. The molecule has 1 heterocycles. The quantitative estimate of drug-likeness (QED) is 0.781. The summed E-state index contributed by atoms with van der Waals surface area (Å²) in [6, 6.07) is 13.8. The normalized spacial score (nSPS) is 10.7. The maximum absolute atomic E-state index is 12.1. The lowest BCUT2D eigenvalue weighted by Crippen LogP contribution is -2.24. The van der Waals surface area contributed by atoms with Gasteiger partial charge in [0.25, 0.3) is 0 Å². The monoisotopic (exact) mass is 326 g/mol. The molecule has 118 valence electrons. The number of hydrogen-bond acceptors (Lipinski definition) is 4. The Hall–Kier alpha value is -2.40. The van der Waals surface area contributed by atoms with E-state index in [1.165, 1.54) is 0 Å². The first-order valence-electron chi connectivity index (χ1n) is 7.40. The Morgan fingerprint density at radius 1 is 1.26 bits per heavy atom. The predicted octanol–water partition coefficient (Wildman–Crippen LogP) is 3.47. The molecule has 0 bridgehead atoms. The number of aromatic nitrogens is 1. The highest BCUT2D eigenvalue weighted by atomic mass is 32.1. The van der Waals surface area contributed by atoms with Crippen LogP contribution in [0.5, 0.6) is 5.75 Å². The highest BCUT2D eigenvalue weighted by Crippen LogP contribution is 2.21. The average molecular weight is 326 g/mol. The standard InChI is InChI=1S/C18H18N2O2S/c1-12-7-8-13(9-15(12)22-2)10-17(21)19-11-18-20-14-5-3-4-6-16(14)23-18/h3-9H,10-11H2,1-2H3,(H,19,21). The topological polar surface area (TPSA) is 51.2 Å². The fourth-order valence-corrected chi connectivity index (χ4v) is 3.30. The van der Waals surface area contributed by atoms with Crippen LogP contribution in [0.2, 0.25) is 0 Å². The summed E-state index contributed by atoms with van der Waals surface area (Å²) >= 11 is 1.61. The van der Waals surface area contributed by atoms with Crippen LogP contribution in [-0.2, 0) is 17.8 Å². The summed E-state index contributed by atoms with van der Waals surface area (Å²) in [7, 11) is 1.64. The lowest BCUT2D eigenvalue weighted by molar-refractivity contribution is -0.120. The van der Waals surface area contributed by atoms with Crippen molar-refractivity contribution in [2.75, 3.05) is 7.11 Å². The molecule has 3 rings (SSSR count). The number of methoxy groups -OCH3 is 1. The summed E-state index contributed by atoms with van der Waals surface area (Å²) in [5, 5.41) is 3.85. The van der Waals surface area contributed by atoms with E-state index in [2.05, 4.69) is 10.3 Å². The summed E-state index contributed by atoms with van der Waals surface area (Å²) < 4.78 is 6.43. The van der Waals surface area contributed by atoms with Gasteiger partial charge in [0.1, 0.15) is 10.8 Å². The molecule has 2 aromatic carbocycles. The van der Waals surface area contributed by atoms with E-state index in [1.54, 1.807) is 18.4 Å². The number of para-hydroxylation sites is 1. The average Bonchev–Trinajstić information content (AvgIpc) is 2.97. The van der Waals surface area contributed by atoms with Crippen molar-refractivity contribution in [3.05, 3.63) is 58.6 Å². The molecule has 0 atom stereocenters. The zero-order chi connectivity index (χ0) is 16.2. The van der Waals surface area contributed by atoms with Gasteiger partial charge in [0.2, 0.25) is 5.91 Å². The van der Waals surface area contributed by atoms with Crippen LogP contribution in [0.25, 0.3) is 10.2 Å². The van der Waals surface area contributed by atoms with Gasteiger partial charge in [0, 0.05) is 0 Å². The molecule has 0 saturated heterocycles. The zero-order valence-electron chi connectivity index (χ0n) is 13.1. The molecule has 0 aliphatic carbocycles. The third kappa shape index (κ3) is 3.68. The summed E-state index contributed by atoms with van der Waals surface area (Å²) in [6.45, 7) is 2.44. The predicted molar refractivity (Wildman–Crippen MR) is 92.9 cm³/mol. The molecule has 0 spiro atoms. The van der Waals surface area contributed by atoms with E-state index >= 15 is 0 Å². The minimum atomic E-state index is -0.0184. The van der Waals surface area contributed by atoms with Crippen molar-refractivity contribution in [2.24, 2.45) is 0 Å². The van der Waals surface area contributed by atoms with Gasteiger partial charge in [-0.1, -0.05) is 24.3 Å². The maximum atomic E-state index is 12.1. The van der Waals surface area contributed by atoms with Gasteiger partial charge in [0.15, 0.2) is 0 Å². The van der Waals surface area contributed by atoms with Crippen LogP contribution in [0.3, 0.4) is 0 Å². The van der Waals surface area contributed by atoms with E-state index in [0.717, 1.165) is 32.1 Å². The molecule has 0 aliphatic heterocycles. The van der Waals surface area contributed by atoms with Gasteiger partial charge in [-0.3, -0.25) is 4.79 Å². The Labute approximate surface area is 139 Å². The highest BCUT2D eigenvalue weighted by molar-refractivity contribution is 7.18. The number of thiazole rings is 1. The number of nitrogens with zero attached hydrogens (tertiary/aromatic N) is 1. The lowest BCUT2D eigenvalue weighted by Gasteiger charge is -2.08. The van der Waals surface area contributed by atoms with Gasteiger partial charge in [0.05, 0.1) is 30.3 Å². The lowest BCUT2D eigenvalue weighted by atomic mass is 10.1. The maximum Gasteiger partial charge on any atom is 0.224 e. The van der Waals surface area contributed by atoms with Crippen LogP contribution in [0, 0.1) is 6.92 Å². The third-order valence-electron chi connectivity index (χ3n) is 3.61. The molecule has 0 aliphatic rings. The van der Waals surface area contributed by atoms with Crippen molar-refractivity contribution in [1.29, 1.82) is 0 Å². The first kappa shape index (κ1) is 15.5. The number of fused-ring (bicyclic) bond motifs is 1. The summed E-state index contributed by atoms with van der Waals surface area (Å²) in [6.07, 6.45) is 0.335. The summed E-state index contributed by atoms with van der Waals surface area (Å²) in [4.78, 5) is 16.6. The first-order chi connectivity index (χ1) is 11.2. The van der Waals surface area contributed by atoms with Crippen LogP contribution in [0.1, 0.15) is 16.1 Å². The van der Waals surface area contributed by atoms with Crippen molar-refractivity contribution in [1.82, 2.24) is 10.3 Å². The number of benzene rings is 2. The molecule has 5 heteroatoms. The SMILES string of the molecule is COc1cc(CC(=O)NCc2nc3ccccc3s2)ccc1C. The minimum absolute atomic E-state index is 0.0184. The second-order valence-electron chi connectivity index (χ2n) is 5.33. The molecular formula is C18H18N2O2S. The Bertz CT molecular complexity index is 809. The fourth-order valence-electron chi connectivity index (χ4n) is 2.39. The molecule has 0 unspecified atom stereocenters. The van der Waals surface area contributed by atoms with Crippen LogP contribution < -0.4 is 10.1 Å². The molecule has 3 aromatic rings. The number of nitrogens with one attached hydrogen (secondary N) is 1. The van der Waals surface area contributed by atoms with Gasteiger partial charge in [-0.05, 0) is 36.2 Å². The molecule has 4 nitrogen and oxygen atoms in total. The Morgan fingerprint density at radius 3 is 2.87 bits per heavy atom.